The predicted molar refractivity (Wildman–Crippen MR) is 119 cm³/mol. The Morgan fingerprint density at radius 2 is 1.65 bits per heavy atom. The topological polar surface area (TPSA) is 87.3 Å². The molecule has 4 rings (SSSR count). The molecule has 2 aliphatic carbocycles. The highest BCUT2D eigenvalue weighted by atomic mass is 16.2. The molecule has 3 fully saturated rings. The summed E-state index contributed by atoms with van der Waals surface area (Å²) in [5.41, 5.74) is 1.75. The first-order valence-corrected chi connectivity index (χ1v) is 11.9. The molecule has 3 aliphatic rings. The van der Waals surface area contributed by atoms with Crippen LogP contribution in [-0.4, -0.2) is 23.4 Å². The Bertz CT molecular complexity index is 819. The zero-order valence-electron chi connectivity index (χ0n) is 18.7. The van der Waals surface area contributed by atoms with E-state index in [2.05, 4.69) is 54.1 Å². The molecule has 31 heavy (non-hydrogen) atoms. The summed E-state index contributed by atoms with van der Waals surface area (Å²) in [5, 5.41) is 8.37. The molecular formula is C25H35N3O3. The van der Waals surface area contributed by atoms with Crippen molar-refractivity contribution in [3.05, 3.63) is 35.4 Å². The number of nitrogens with one attached hydrogen (secondary N) is 3. The lowest BCUT2D eigenvalue weighted by Crippen LogP contribution is -2.51. The van der Waals surface area contributed by atoms with Crippen molar-refractivity contribution in [1.29, 1.82) is 0 Å². The molecule has 168 valence electrons. The number of imide groups is 1. The van der Waals surface area contributed by atoms with Gasteiger partial charge in [0.2, 0.25) is 5.91 Å². The van der Waals surface area contributed by atoms with Crippen LogP contribution in [0.5, 0.6) is 0 Å². The van der Waals surface area contributed by atoms with Crippen LogP contribution in [-0.2, 0) is 9.59 Å². The number of benzene rings is 1. The standard InChI is InChI=1S/C25H35N3O3/c1-16(2)21(19-10-8-18(9-11-19)17-6-4-3-5-7-17)26-22(29)20-12-14-25(15-13-20)23(30)27-24(31)28-25/h8-11,16-17,20-21H,3-7,12-15H2,1-2H3,(H,26,29)(H2,27,28,30,31). The van der Waals surface area contributed by atoms with Gasteiger partial charge in [-0.3, -0.25) is 14.9 Å². The molecule has 1 aromatic carbocycles. The van der Waals surface area contributed by atoms with Crippen LogP contribution in [0, 0.1) is 11.8 Å². The second-order valence-corrected chi connectivity index (χ2v) is 10.00. The molecule has 0 radical (unpaired) electrons. The number of amides is 4. The van der Waals surface area contributed by atoms with Crippen LogP contribution in [0.15, 0.2) is 24.3 Å². The van der Waals surface area contributed by atoms with Crippen LogP contribution in [0.3, 0.4) is 0 Å². The van der Waals surface area contributed by atoms with E-state index in [0.717, 1.165) is 5.56 Å². The quantitative estimate of drug-likeness (QED) is 0.614. The fraction of sp³-hybridized carbons (Fsp3) is 0.640. The highest BCUT2D eigenvalue weighted by molar-refractivity contribution is 6.07. The number of hydrogen-bond acceptors (Lipinski definition) is 3. The molecule has 6 heteroatoms. The van der Waals surface area contributed by atoms with Gasteiger partial charge in [0.1, 0.15) is 5.54 Å². The van der Waals surface area contributed by atoms with Gasteiger partial charge < -0.3 is 10.6 Å². The highest BCUT2D eigenvalue weighted by Gasteiger charge is 2.49. The third-order valence-electron chi connectivity index (χ3n) is 7.56. The predicted octanol–water partition coefficient (Wildman–Crippen LogP) is 4.32. The summed E-state index contributed by atoms with van der Waals surface area (Å²) >= 11 is 0. The lowest BCUT2D eigenvalue weighted by molar-refractivity contribution is -0.131. The molecule has 1 spiro atoms. The maximum absolute atomic E-state index is 13.1. The van der Waals surface area contributed by atoms with Crippen molar-refractivity contribution in [3.63, 3.8) is 0 Å². The van der Waals surface area contributed by atoms with E-state index in [-0.39, 0.29) is 29.7 Å². The van der Waals surface area contributed by atoms with E-state index >= 15 is 0 Å². The minimum atomic E-state index is -0.819. The van der Waals surface area contributed by atoms with Crippen molar-refractivity contribution in [2.75, 3.05) is 0 Å². The summed E-state index contributed by atoms with van der Waals surface area (Å²) in [6.07, 6.45) is 8.79. The van der Waals surface area contributed by atoms with Crippen molar-refractivity contribution < 1.29 is 14.4 Å². The highest BCUT2D eigenvalue weighted by Crippen LogP contribution is 2.36. The summed E-state index contributed by atoms with van der Waals surface area (Å²) in [6.45, 7) is 4.27. The molecule has 0 bridgehead atoms. The lowest BCUT2D eigenvalue weighted by atomic mass is 9.76. The van der Waals surface area contributed by atoms with Crippen LogP contribution in [0.4, 0.5) is 4.79 Å². The summed E-state index contributed by atoms with van der Waals surface area (Å²) in [7, 11) is 0. The first-order valence-electron chi connectivity index (χ1n) is 11.9. The van der Waals surface area contributed by atoms with Crippen molar-refractivity contribution in [1.82, 2.24) is 16.0 Å². The molecule has 3 N–H and O–H groups in total. The fourth-order valence-corrected chi connectivity index (χ4v) is 5.57. The van der Waals surface area contributed by atoms with Crippen LogP contribution in [0.1, 0.15) is 94.7 Å². The van der Waals surface area contributed by atoms with Crippen LogP contribution < -0.4 is 16.0 Å². The Hall–Kier alpha value is -2.37. The van der Waals surface area contributed by atoms with E-state index in [9.17, 15) is 14.4 Å². The first-order chi connectivity index (χ1) is 14.9. The second-order valence-electron chi connectivity index (χ2n) is 10.00. The van der Waals surface area contributed by atoms with E-state index in [0.29, 0.717) is 31.6 Å². The zero-order valence-corrected chi connectivity index (χ0v) is 18.7. The van der Waals surface area contributed by atoms with Gasteiger partial charge in [-0.05, 0) is 61.5 Å². The molecule has 1 saturated heterocycles. The number of hydrogen-bond donors (Lipinski definition) is 3. The average Bonchev–Trinajstić information content (AvgIpc) is 3.05. The van der Waals surface area contributed by atoms with E-state index in [4.69, 9.17) is 0 Å². The molecule has 6 nitrogen and oxygen atoms in total. The lowest BCUT2D eigenvalue weighted by Gasteiger charge is -2.35. The van der Waals surface area contributed by atoms with E-state index in [1.54, 1.807) is 0 Å². The maximum atomic E-state index is 13.1. The molecular weight excluding hydrogens is 390 g/mol. The van der Waals surface area contributed by atoms with E-state index in [1.165, 1.54) is 37.7 Å². The van der Waals surface area contributed by atoms with Gasteiger partial charge in [0, 0.05) is 5.92 Å². The van der Waals surface area contributed by atoms with Crippen molar-refractivity contribution >= 4 is 17.8 Å². The molecule has 1 unspecified atom stereocenters. The Balaban J connectivity index is 1.37. The number of carbonyl (C=O) groups is 3. The summed E-state index contributed by atoms with van der Waals surface area (Å²) in [5.74, 6) is 0.625. The van der Waals surface area contributed by atoms with Crippen molar-refractivity contribution in [3.8, 4) is 0 Å². The van der Waals surface area contributed by atoms with Gasteiger partial charge in [-0.25, -0.2) is 4.79 Å². The summed E-state index contributed by atoms with van der Waals surface area (Å²) in [4.78, 5) is 36.7. The molecule has 1 aliphatic heterocycles. The van der Waals surface area contributed by atoms with E-state index < -0.39 is 11.6 Å². The van der Waals surface area contributed by atoms with Gasteiger partial charge in [0.05, 0.1) is 6.04 Å². The zero-order chi connectivity index (χ0) is 22.0. The minimum absolute atomic E-state index is 0.0294. The normalized spacial score (nSPS) is 27.8. The van der Waals surface area contributed by atoms with Gasteiger partial charge in [-0.2, -0.15) is 0 Å². The van der Waals surface area contributed by atoms with Crippen LogP contribution in [0.2, 0.25) is 0 Å². The molecule has 0 aromatic heterocycles. The molecule has 1 atom stereocenters. The summed E-state index contributed by atoms with van der Waals surface area (Å²) in [6, 6.07) is 8.41. The monoisotopic (exact) mass is 425 g/mol. The number of carbonyl (C=O) groups excluding carboxylic acids is 3. The average molecular weight is 426 g/mol. The maximum Gasteiger partial charge on any atom is 0.322 e. The smallest absolute Gasteiger partial charge is 0.322 e. The van der Waals surface area contributed by atoms with Gasteiger partial charge in [-0.1, -0.05) is 57.4 Å². The number of urea groups is 1. The largest absolute Gasteiger partial charge is 0.349 e. The SMILES string of the molecule is CC(C)C(NC(=O)C1CCC2(CC1)NC(=O)NC2=O)c1ccc(C2CCCCC2)cc1. The first kappa shape index (κ1) is 21.8. The van der Waals surface area contributed by atoms with Crippen LogP contribution in [0.25, 0.3) is 0 Å². The molecule has 4 amide bonds. The molecule has 2 saturated carbocycles. The Morgan fingerprint density at radius 3 is 2.19 bits per heavy atom. The Labute approximate surface area is 184 Å². The number of rotatable bonds is 5. The third kappa shape index (κ3) is 4.63. The van der Waals surface area contributed by atoms with Gasteiger partial charge in [0.15, 0.2) is 0 Å². The second kappa shape index (κ2) is 9.01. The Morgan fingerprint density at radius 1 is 1.00 bits per heavy atom. The minimum Gasteiger partial charge on any atom is -0.349 e. The fourth-order valence-electron chi connectivity index (χ4n) is 5.57. The third-order valence-corrected chi connectivity index (χ3v) is 7.56. The Kier molecular flexibility index (Phi) is 6.35. The summed E-state index contributed by atoms with van der Waals surface area (Å²) < 4.78 is 0. The van der Waals surface area contributed by atoms with Crippen molar-refractivity contribution in [2.24, 2.45) is 11.8 Å². The van der Waals surface area contributed by atoms with Crippen LogP contribution >= 0.6 is 0 Å². The van der Waals surface area contributed by atoms with E-state index in [1.807, 2.05) is 0 Å². The van der Waals surface area contributed by atoms with Gasteiger partial charge >= 0.3 is 6.03 Å². The molecule has 1 aromatic rings. The van der Waals surface area contributed by atoms with Gasteiger partial charge in [0.25, 0.3) is 5.91 Å². The molecule has 1 heterocycles. The van der Waals surface area contributed by atoms with Gasteiger partial charge in [-0.15, -0.1) is 0 Å². The van der Waals surface area contributed by atoms with Crippen molar-refractivity contribution in [2.45, 2.75) is 89.1 Å².